The zero-order chi connectivity index (χ0) is 22.6. The summed E-state index contributed by atoms with van der Waals surface area (Å²) < 4.78 is 0. The van der Waals surface area contributed by atoms with Gasteiger partial charge in [-0.1, -0.05) is 42.5 Å². The SMILES string of the molecule is C=CCc1ccc(CN(Cc2nc3ccccc3[nH]2)C2CCCc3cccnc32)c(CN)c1. The van der Waals surface area contributed by atoms with Crippen LogP contribution in [0.4, 0.5) is 0 Å². The topological polar surface area (TPSA) is 70.8 Å². The average molecular weight is 438 g/mol. The molecule has 0 amide bonds. The Morgan fingerprint density at radius 1 is 1.09 bits per heavy atom. The minimum Gasteiger partial charge on any atom is -0.341 e. The molecule has 168 valence electrons. The van der Waals surface area contributed by atoms with Gasteiger partial charge in [-0.2, -0.15) is 0 Å². The van der Waals surface area contributed by atoms with E-state index in [-0.39, 0.29) is 6.04 Å². The maximum atomic E-state index is 6.17. The lowest BCUT2D eigenvalue weighted by Crippen LogP contribution is -2.32. The third-order valence-electron chi connectivity index (χ3n) is 6.64. The summed E-state index contributed by atoms with van der Waals surface area (Å²) in [5, 5.41) is 0. The van der Waals surface area contributed by atoms with E-state index in [2.05, 4.69) is 58.9 Å². The molecule has 4 aromatic rings. The molecule has 0 aliphatic heterocycles. The summed E-state index contributed by atoms with van der Waals surface area (Å²) in [5.74, 6) is 0.983. The number of hydrogen-bond acceptors (Lipinski definition) is 4. The molecule has 33 heavy (non-hydrogen) atoms. The van der Waals surface area contributed by atoms with Crippen LogP contribution in [-0.4, -0.2) is 19.9 Å². The first-order chi connectivity index (χ1) is 16.2. The second kappa shape index (κ2) is 9.69. The lowest BCUT2D eigenvalue weighted by atomic mass is 9.90. The molecule has 0 spiro atoms. The van der Waals surface area contributed by atoms with Crippen molar-refractivity contribution in [3.05, 3.63) is 107 Å². The van der Waals surface area contributed by atoms with Gasteiger partial charge in [0.05, 0.1) is 29.3 Å². The molecular weight excluding hydrogens is 406 g/mol. The van der Waals surface area contributed by atoms with Crippen LogP contribution in [-0.2, 0) is 32.5 Å². The van der Waals surface area contributed by atoms with Gasteiger partial charge in [0, 0.05) is 19.3 Å². The number of para-hydroxylation sites is 2. The molecule has 5 nitrogen and oxygen atoms in total. The van der Waals surface area contributed by atoms with E-state index in [9.17, 15) is 0 Å². The summed E-state index contributed by atoms with van der Waals surface area (Å²) in [6.07, 6.45) is 8.08. The van der Waals surface area contributed by atoms with Gasteiger partial charge in [-0.05, 0) is 66.1 Å². The number of pyridine rings is 1. The highest BCUT2D eigenvalue weighted by Gasteiger charge is 2.28. The second-order valence-corrected chi connectivity index (χ2v) is 8.86. The molecule has 0 saturated carbocycles. The van der Waals surface area contributed by atoms with Gasteiger partial charge >= 0.3 is 0 Å². The van der Waals surface area contributed by atoms with Crippen LogP contribution in [0.1, 0.15) is 52.7 Å². The Morgan fingerprint density at radius 2 is 2.00 bits per heavy atom. The van der Waals surface area contributed by atoms with E-state index in [1.807, 2.05) is 24.4 Å². The van der Waals surface area contributed by atoms with Crippen LogP contribution < -0.4 is 5.73 Å². The maximum Gasteiger partial charge on any atom is 0.121 e. The van der Waals surface area contributed by atoms with Crippen LogP contribution in [0.5, 0.6) is 0 Å². The third kappa shape index (κ3) is 4.61. The maximum absolute atomic E-state index is 6.17. The predicted molar refractivity (Wildman–Crippen MR) is 133 cm³/mol. The van der Waals surface area contributed by atoms with Crippen molar-refractivity contribution < 1.29 is 0 Å². The van der Waals surface area contributed by atoms with Gasteiger partial charge in [-0.25, -0.2) is 4.98 Å². The van der Waals surface area contributed by atoms with Crippen molar-refractivity contribution in [3.8, 4) is 0 Å². The smallest absolute Gasteiger partial charge is 0.121 e. The lowest BCUT2D eigenvalue weighted by molar-refractivity contribution is 0.153. The fourth-order valence-electron chi connectivity index (χ4n) is 5.03. The molecular formula is C28H31N5. The summed E-state index contributed by atoms with van der Waals surface area (Å²) in [6.45, 7) is 5.93. The first kappa shape index (κ1) is 21.6. The number of nitrogens with zero attached hydrogens (tertiary/aromatic N) is 3. The molecule has 0 saturated heterocycles. The molecule has 0 bridgehead atoms. The standard InChI is InChI=1S/C28H31N5/c1-2-7-20-13-14-22(23(16-20)17-29)18-33(19-27-31-24-10-3-4-11-25(24)32-27)26-12-5-8-21-9-6-15-30-28(21)26/h2-4,6,9-11,13-16,26H,1,5,7-8,12,17-19,29H2,(H,31,32). The van der Waals surface area contributed by atoms with E-state index in [1.54, 1.807) is 0 Å². The van der Waals surface area contributed by atoms with E-state index in [0.717, 1.165) is 49.2 Å². The normalized spacial score (nSPS) is 15.6. The minimum absolute atomic E-state index is 0.252. The Labute approximate surface area is 195 Å². The number of fused-ring (bicyclic) bond motifs is 2. The molecule has 1 aliphatic rings. The third-order valence-corrected chi connectivity index (χ3v) is 6.64. The highest BCUT2D eigenvalue weighted by atomic mass is 15.2. The van der Waals surface area contributed by atoms with Crippen LogP contribution in [0.3, 0.4) is 0 Å². The molecule has 5 rings (SSSR count). The molecule has 0 radical (unpaired) electrons. The largest absolute Gasteiger partial charge is 0.341 e. The van der Waals surface area contributed by atoms with E-state index < -0.39 is 0 Å². The van der Waals surface area contributed by atoms with Crippen molar-refractivity contribution in [1.29, 1.82) is 0 Å². The van der Waals surface area contributed by atoms with Gasteiger partial charge in [0.2, 0.25) is 0 Å². The molecule has 2 aromatic heterocycles. The van der Waals surface area contributed by atoms with Crippen LogP contribution in [0.25, 0.3) is 11.0 Å². The minimum atomic E-state index is 0.252. The number of aromatic nitrogens is 3. The Kier molecular flexibility index (Phi) is 6.33. The number of imidazole rings is 1. The summed E-state index contributed by atoms with van der Waals surface area (Å²) in [7, 11) is 0. The van der Waals surface area contributed by atoms with Gasteiger partial charge in [0.1, 0.15) is 5.82 Å². The van der Waals surface area contributed by atoms with Crippen molar-refractivity contribution in [2.45, 2.75) is 51.4 Å². The van der Waals surface area contributed by atoms with Gasteiger partial charge in [0.15, 0.2) is 0 Å². The van der Waals surface area contributed by atoms with Crippen LogP contribution in [0, 0.1) is 0 Å². The fraction of sp³-hybridized carbons (Fsp3) is 0.286. The number of rotatable bonds is 8. The second-order valence-electron chi connectivity index (χ2n) is 8.86. The van der Waals surface area contributed by atoms with Gasteiger partial charge in [0.25, 0.3) is 0 Å². The van der Waals surface area contributed by atoms with Crippen molar-refractivity contribution in [2.75, 3.05) is 0 Å². The molecule has 3 N–H and O–H groups in total. The van der Waals surface area contributed by atoms with Crippen molar-refractivity contribution in [3.63, 3.8) is 0 Å². The van der Waals surface area contributed by atoms with Crippen molar-refractivity contribution in [1.82, 2.24) is 19.9 Å². The van der Waals surface area contributed by atoms with E-state index >= 15 is 0 Å². The summed E-state index contributed by atoms with van der Waals surface area (Å²) >= 11 is 0. The number of nitrogens with one attached hydrogen (secondary N) is 1. The molecule has 5 heteroatoms. The molecule has 1 unspecified atom stereocenters. The molecule has 0 fully saturated rings. The van der Waals surface area contributed by atoms with Gasteiger partial charge < -0.3 is 10.7 Å². The van der Waals surface area contributed by atoms with Crippen molar-refractivity contribution in [2.24, 2.45) is 5.73 Å². The Hall–Kier alpha value is -3.28. The van der Waals surface area contributed by atoms with Gasteiger partial charge in [-0.15, -0.1) is 6.58 Å². The number of allylic oxidation sites excluding steroid dienone is 1. The van der Waals surface area contributed by atoms with Crippen LogP contribution >= 0.6 is 0 Å². The van der Waals surface area contributed by atoms with Gasteiger partial charge in [-0.3, -0.25) is 9.88 Å². The molecule has 2 aromatic carbocycles. The number of nitrogens with two attached hydrogens (primary N) is 1. The van der Waals surface area contributed by atoms with E-state index in [0.29, 0.717) is 6.54 Å². The van der Waals surface area contributed by atoms with Crippen molar-refractivity contribution >= 4 is 11.0 Å². The summed E-state index contributed by atoms with van der Waals surface area (Å²) in [4.78, 5) is 15.7. The highest BCUT2D eigenvalue weighted by molar-refractivity contribution is 5.74. The number of aryl methyl sites for hydroxylation is 1. The first-order valence-corrected chi connectivity index (χ1v) is 11.8. The number of hydrogen-bond donors (Lipinski definition) is 2. The monoisotopic (exact) mass is 437 g/mol. The van der Waals surface area contributed by atoms with Crippen LogP contribution in [0.15, 0.2) is 73.4 Å². The number of aromatic amines is 1. The number of benzene rings is 2. The zero-order valence-electron chi connectivity index (χ0n) is 19.0. The van der Waals surface area contributed by atoms with E-state index in [4.69, 9.17) is 15.7 Å². The molecule has 2 heterocycles. The molecule has 1 atom stereocenters. The summed E-state index contributed by atoms with van der Waals surface area (Å²) in [6, 6.07) is 19.4. The number of H-pyrrole nitrogens is 1. The Morgan fingerprint density at radius 3 is 2.85 bits per heavy atom. The van der Waals surface area contributed by atoms with Crippen LogP contribution in [0.2, 0.25) is 0 Å². The summed E-state index contributed by atoms with van der Waals surface area (Å²) in [5.41, 5.74) is 14.5. The lowest BCUT2D eigenvalue weighted by Gasteiger charge is -2.35. The first-order valence-electron chi connectivity index (χ1n) is 11.8. The highest BCUT2D eigenvalue weighted by Crippen LogP contribution is 2.35. The quantitative estimate of drug-likeness (QED) is 0.371. The predicted octanol–water partition coefficient (Wildman–Crippen LogP) is 5.22. The molecule has 1 aliphatic carbocycles. The van der Waals surface area contributed by atoms with E-state index in [1.165, 1.54) is 34.4 Å². The Balaban J connectivity index is 1.51. The zero-order valence-corrected chi connectivity index (χ0v) is 19.0. The average Bonchev–Trinajstić information content (AvgIpc) is 3.27. The Bertz CT molecular complexity index is 1230. The fourth-order valence-corrected chi connectivity index (χ4v) is 5.03.